The van der Waals surface area contributed by atoms with E-state index in [0.717, 1.165) is 28.8 Å². The standard InChI is InChI=1S/C22H24N2O2/c1-2-3-4-5-16-26-18-13-11-17(12-14-18)22(25)24-21-10-6-9-20-19(21)8-7-15-23-20/h6-15H,2-5,16H2,1H3,(H,24,25). The third-order valence-electron chi connectivity index (χ3n) is 4.28. The van der Waals surface area contributed by atoms with Crippen LogP contribution in [0.2, 0.25) is 0 Å². The van der Waals surface area contributed by atoms with Crippen LogP contribution in [0.5, 0.6) is 5.75 Å². The molecule has 2 aromatic carbocycles. The van der Waals surface area contributed by atoms with Crippen molar-refractivity contribution in [2.24, 2.45) is 0 Å². The molecule has 4 nitrogen and oxygen atoms in total. The summed E-state index contributed by atoms with van der Waals surface area (Å²) in [5, 5.41) is 3.89. The van der Waals surface area contributed by atoms with Gasteiger partial charge in [0.1, 0.15) is 5.75 Å². The molecule has 0 radical (unpaired) electrons. The number of carbonyl (C=O) groups excluding carboxylic acids is 1. The lowest BCUT2D eigenvalue weighted by molar-refractivity contribution is 0.102. The van der Waals surface area contributed by atoms with Crippen LogP contribution in [-0.4, -0.2) is 17.5 Å². The molecule has 0 saturated heterocycles. The van der Waals surface area contributed by atoms with Crippen LogP contribution in [0.4, 0.5) is 5.69 Å². The van der Waals surface area contributed by atoms with Crippen LogP contribution in [0.3, 0.4) is 0 Å². The molecular weight excluding hydrogens is 324 g/mol. The highest BCUT2D eigenvalue weighted by Gasteiger charge is 2.09. The maximum Gasteiger partial charge on any atom is 0.255 e. The number of benzene rings is 2. The SMILES string of the molecule is CCCCCCOc1ccc(C(=O)Nc2cccc3ncccc23)cc1. The molecule has 0 fully saturated rings. The molecule has 0 saturated carbocycles. The molecule has 0 aliphatic rings. The third kappa shape index (κ3) is 4.60. The first-order valence-electron chi connectivity index (χ1n) is 9.16. The Bertz CT molecular complexity index is 854. The van der Waals surface area contributed by atoms with Gasteiger partial charge in [0.05, 0.1) is 17.8 Å². The predicted octanol–water partition coefficient (Wildman–Crippen LogP) is 5.45. The number of unbranched alkanes of at least 4 members (excludes halogenated alkanes) is 3. The van der Waals surface area contributed by atoms with Crippen molar-refractivity contribution in [1.29, 1.82) is 0 Å². The lowest BCUT2D eigenvalue weighted by Crippen LogP contribution is -2.12. The highest BCUT2D eigenvalue weighted by molar-refractivity contribution is 6.08. The summed E-state index contributed by atoms with van der Waals surface area (Å²) in [6.45, 7) is 2.91. The molecule has 1 aromatic heterocycles. The van der Waals surface area contributed by atoms with Crippen LogP contribution >= 0.6 is 0 Å². The van der Waals surface area contributed by atoms with E-state index in [1.807, 2.05) is 42.5 Å². The molecule has 3 aromatic rings. The molecule has 0 unspecified atom stereocenters. The number of carbonyl (C=O) groups is 1. The van der Waals surface area contributed by atoms with Crippen LogP contribution in [0, 0.1) is 0 Å². The second kappa shape index (κ2) is 8.99. The normalized spacial score (nSPS) is 10.7. The Hall–Kier alpha value is -2.88. The zero-order valence-electron chi connectivity index (χ0n) is 15.1. The molecule has 1 heterocycles. The van der Waals surface area contributed by atoms with Gasteiger partial charge in [0.25, 0.3) is 5.91 Å². The minimum Gasteiger partial charge on any atom is -0.494 e. The summed E-state index contributed by atoms with van der Waals surface area (Å²) >= 11 is 0. The van der Waals surface area contributed by atoms with E-state index in [1.165, 1.54) is 19.3 Å². The maximum atomic E-state index is 12.5. The lowest BCUT2D eigenvalue weighted by Gasteiger charge is -2.09. The van der Waals surface area contributed by atoms with Crippen molar-refractivity contribution in [3.63, 3.8) is 0 Å². The zero-order chi connectivity index (χ0) is 18.2. The van der Waals surface area contributed by atoms with Crippen LogP contribution < -0.4 is 10.1 Å². The van der Waals surface area contributed by atoms with Crippen molar-refractivity contribution in [2.75, 3.05) is 11.9 Å². The summed E-state index contributed by atoms with van der Waals surface area (Å²) in [5.74, 6) is 0.656. The van der Waals surface area contributed by atoms with Crippen molar-refractivity contribution >= 4 is 22.5 Å². The van der Waals surface area contributed by atoms with Gasteiger partial charge in [-0.1, -0.05) is 32.3 Å². The largest absolute Gasteiger partial charge is 0.494 e. The summed E-state index contributed by atoms with van der Waals surface area (Å²) in [6.07, 6.45) is 6.46. The highest BCUT2D eigenvalue weighted by Crippen LogP contribution is 2.22. The minimum atomic E-state index is -0.143. The number of anilines is 1. The van der Waals surface area contributed by atoms with Gasteiger partial charge in [-0.15, -0.1) is 0 Å². The maximum absolute atomic E-state index is 12.5. The Balaban J connectivity index is 1.61. The first-order chi connectivity index (χ1) is 12.8. The average molecular weight is 348 g/mol. The number of nitrogens with zero attached hydrogens (tertiary/aromatic N) is 1. The second-order valence-corrected chi connectivity index (χ2v) is 6.26. The number of rotatable bonds is 8. The molecule has 26 heavy (non-hydrogen) atoms. The summed E-state index contributed by atoms with van der Waals surface area (Å²) in [7, 11) is 0. The van der Waals surface area contributed by atoms with Gasteiger partial charge in [-0.2, -0.15) is 0 Å². The number of hydrogen-bond donors (Lipinski definition) is 1. The minimum absolute atomic E-state index is 0.143. The van der Waals surface area contributed by atoms with Crippen molar-refractivity contribution in [2.45, 2.75) is 32.6 Å². The monoisotopic (exact) mass is 348 g/mol. The Morgan fingerprint density at radius 3 is 2.65 bits per heavy atom. The van der Waals surface area contributed by atoms with Gasteiger partial charge in [-0.3, -0.25) is 9.78 Å². The van der Waals surface area contributed by atoms with E-state index in [4.69, 9.17) is 4.74 Å². The number of amides is 1. The van der Waals surface area contributed by atoms with E-state index in [9.17, 15) is 4.79 Å². The summed E-state index contributed by atoms with van der Waals surface area (Å²) < 4.78 is 5.72. The third-order valence-corrected chi connectivity index (χ3v) is 4.28. The van der Waals surface area contributed by atoms with Gasteiger partial charge in [-0.05, 0) is 55.0 Å². The fourth-order valence-corrected chi connectivity index (χ4v) is 2.83. The zero-order valence-corrected chi connectivity index (χ0v) is 15.1. The Morgan fingerprint density at radius 2 is 1.85 bits per heavy atom. The first kappa shape index (κ1) is 17.9. The fourth-order valence-electron chi connectivity index (χ4n) is 2.83. The van der Waals surface area contributed by atoms with Crippen LogP contribution in [0.1, 0.15) is 43.0 Å². The number of ether oxygens (including phenoxy) is 1. The van der Waals surface area contributed by atoms with Crippen LogP contribution in [0.25, 0.3) is 10.9 Å². The van der Waals surface area contributed by atoms with Gasteiger partial charge in [0.15, 0.2) is 0 Å². The number of fused-ring (bicyclic) bond motifs is 1. The Labute approximate surface area is 154 Å². The molecule has 134 valence electrons. The van der Waals surface area contributed by atoms with Gasteiger partial charge >= 0.3 is 0 Å². The molecule has 1 N–H and O–H groups in total. The molecule has 0 aliphatic heterocycles. The molecule has 0 atom stereocenters. The van der Waals surface area contributed by atoms with Crippen LogP contribution in [0.15, 0.2) is 60.8 Å². The summed E-state index contributed by atoms with van der Waals surface area (Å²) in [4.78, 5) is 16.8. The molecule has 0 bridgehead atoms. The highest BCUT2D eigenvalue weighted by atomic mass is 16.5. The van der Waals surface area contributed by atoms with E-state index in [2.05, 4.69) is 17.2 Å². The van der Waals surface area contributed by atoms with E-state index in [-0.39, 0.29) is 5.91 Å². The van der Waals surface area contributed by atoms with Gasteiger partial charge < -0.3 is 10.1 Å². The predicted molar refractivity (Wildman–Crippen MR) is 106 cm³/mol. The average Bonchev–Trinajstić information content (AvgIpc) is 2.68. The number of aromatic nitrogens is 1. The summed E-state index contributed by atoms with van der Waals surface area (Å²) in [5.41, 5.74) is 2.22. The molecule has 1 amide bonds. The molecule has 0 aliphatic carbocycles. The number of nitrogens with one attached hydrogen (secondary N) is 1. The van der Waals surface area contributed by atoms with Crippen molar-refractivity contribution in [1.82, 2.24) is 4.98 Å². The van der Waals surface area contributed by atoms with Gasteiger partial charge in [-0.25, -0.2) is 0 Å². The molecule has 3 rings (SSSR count). The molecule has 4 heteroatoms. The fraction of sp³-hybridized carbons (Fsp3) is 0.273. The first-order valence-corrected chi connectivity index (χ1v) is 9.16. The van der Waals surface area contributed by atoms with E-state index in [1.54, 1.807) is 18.3 Å². The second-order valence-electron chi connectivity index (χ2n) is 6.26. The smallest absolute Gasteiger partial charge is 0.255 e. The molecule has 0 spiro atoms. The van der Waals surface area contributed by atoms with Gasteiger partial charge in [0.2, 0.25) is 0 Å². The Kier molecular flexibility index (Phi) is 6.20. The van der Waals surface area contributed by atoms with E-state index >= 15 is 0 Å². The lowest BCUT2D eigenvalue weighted by atomic mass is 10.1. The van der Waals surface area contributed by atoms with Gasteiger partial charge in [0, 0.05) is 17.1 Å². The Morgan fingerprint density at radius 1 is 1.00 bits per heavy atom. The van der Waals surface area contributed by atoms with Crippen molar-refractivity contribution in [3.05, 3.63) is 66.4 Å². The number of hydrogen-bond acceptors (Lipinski definition) is 3. The van der Waals surface area contributed by atoms with Crippen LogP contribution in [-0.2, 0) is 0 Å². The topological polar surface area (TPSA) is 51.2 Å². The van der Waals surface area contributed by atoms with Crippen molar-refractivity contribution < 1.29 is 9.53 Å². The van der Waals surface area contributed by atoms with E-state index < -0.39 is 0 Å². The van der Waals surface area contributed by atoms with E-state index in [0.29, 0.717) is 12.2 Å². The van der Waals surface area contributed by atoms with Crippen molar-refractivity contribution in [3.8, 4) is 5.75 Å². The molecular formula is C22H24N2O2. The number of pyridine rings is 1. The quantitative estimate of drug-likeness (QED) is 0.551. The summed E-state index contributed by atoms with van der Waals surface area (Å²) in [6, 6.07) is 16.8.